The van der Waals surface area contributed by atoms with Gasteiger partial charge in [0.1, 0.15) is 0 Å². The topological polar surface area (TPSA) is 52.0 Å². The number of hydrogen-bond donors (Lipinski definition) is 1. The van der Waals surface area contributed by atoms with Gasteiger partial charge >= 0.3 is 0 Å². The zero-order valence-corrected chi connectivity index (χ0v) is 13.4. The molecule has 4 heteroatoms. The minimum absolute atomic E-state index is 0.686. The minimum atomic E-state index is 0.686. The lowest BCUT2D eigenvalue weighted by molar-refractivity contribution is 0.590. The van der Waals surface area contributed by atoms with Crippen LogP contribution in [0.4, 0.5) is 5.69 Å². The number of piperazine rings is 1. The van der Waals surface area contributed by atoms with Crippen molar-refractivity contribution in [3.63, 3.8) is 0 Å². The molecule has 0 amide bonds. The highest BCUT2D eigenvalue weighted by Gasteiger charge is 2.15. The summed E-state index contributed by atoms with van der Waals surface area (Å²) in [6.45, 7) is 3.98. The van der Waals surface area contributed by atoms with Crippen LogP contribution in [0.5, 0.6) is 0 Å². The number of hydrogen-bond acceptors (Lipinski definition) is 4. The Labute approximate surface area is 141 Å². The first kappa shape index (κ1) is 14.7. The summed E-state index contributed by atoms with van der Waals surface area (Å²) in [4.78, 5) is 6.73. The van der Waals surface area contributed by atoms with Gasteiger partial charge < -0.3 is 10.2 Å². The molecule has 118 valence electrons. The van der Waals surface area contributed by atoms with Crippen molar-refractivity contribution in [1.29, 1.82) is 5.26 Å². The molecule has 1 aliphatic rings. The molecule has 0 bridgehead atoms. The lowest BCUT2D eigenvalue weighted by Gasteiger charge is -2.30. The number of nitriles is 1. The molecule has 0 aliphatic carbocycles. The highest BCUT2D eigenvalue weighted by atomic mass is 15.2. The quantitative estimate of drug-likeness (QED) is 0.789. The molecule has 1 aromatic heterocycles. The third-order valence-electron chi connectivity index (χ3n) is 4.52. The summed E-state index contributed by atoms with van der Waals surface area (Å²) in [5.74, 6) is 0. The Morgan fingerprint density at radius 1 is 1.04 bits per heavy atom. The van der Waals surface area contributed by atoms with Gasteiger partial charge in [-0.3, -0.25) is 4.98 Å². The van der Waals surface area contributed by atoms with Crippen LogP contribution in [0.2, 0.25) is 0 Å². The number of fused-ring (bicyclic) bond motifs is 1. The van der Waals surface area contributed by atoms with Crippen molar-refractivity contribution in [1.82, 2.24) is 10.3 Å². The summed E-state index contributed by atoms with van der Waals surface area (Å²) in [6.07, 6.45) is 3.78. The third-order valence-corrected chi connectivity index (χ3v) is 4.52. The van der Waals surface area contributed by atoms with Crippen molar-refractivity contribution in [2.45, 2.75) is 0 Å². The summed E-state index contributed by atoms with van der Waals surface area (Å²) in [5, 5.41) is 14.9. The van der Waals surface area contributed by atoms with E-state index in [-0.39, 0.29) is 0 Å². The first-order valence-corrected chi connectivity index (χ1v) is 8.19. The zero-order chi connectivity index (χ0) is 16.4. The number of pyridine rings is 1. The molecular formula is C20H18N4. The van der Waals surface area contributed by atoms with Crippen LogP contribution < -0.4 is 10.2 Å². The first-order valence-electron chi connectivity index (χ1n) is 8.19. The Morgan fingerprint density at radius 2 is 1.92 bits per heavy atom. The van der Waals surface area contributed by atoms with E-state index in [9.17, 15) is 0 Å². The largest absolute Gasteiger partial charge is 0.368 e. The standard InChI is InChI=1S/C20H18N4/c21-13-15-2-1-3-16(10-15)18-11-17-4-5-23-14-19(17)20(12-18)24-8-6-22-7-9-24/h1-5,10-12,14,22H,6-9H2. The number of aromatic nitrogens is 1. The van der Waals surface area contributed by atoms with E-state index in [4.69, 9.17) is 5.26 Å². The van der Waals surface area contributed by atoms with Crippen LogP contribution in [0.3, 0.4) is 0 Å². The Hall–Kier alpha value is -2.90. The second-order valence-electron chi connectivity index (χ2n) is 6.02. The van der Waals surface area contributed by atoms with E-state index in [1.54, 1.807) is 0 Å². The van der Waals surface area contributed by atoms with Gasteiger partial charge in [0.25, 0.3) is 0 Å². The number of anilines is 1. The van der Waals surface area contributed by atoms with Crippen molar-refractivity contribution < 1.29 is 0 Å². The number of nitrogens with one attached hydrogen (secondary N) is 1. The molecular weight excluding hydrogens is 296 g/mol. The summed E-state index contributed by atoms with van der Waals surface area (Å²) >= 11 is 0. The molecule has 1 fully saturated rings. The van der Waals surface area contributed by atoms with E-state index in [0.717, 1.165) is 37.3 Å². The summed E-state index contributed by atoms with van der Waals surface area (Å²) in [7, 11) is 0. The maximum atomic E-state index is 9.17. The summed E-state index contributed by atoms with van der Waals surface area (Å²) in [5.41, 5.74) is 4.12. The molecule has 0 radical (unpaired) electrons. The third kappa shape index (κ3) is 2.70. The molecule has 4 nitrogen and oxygen atoms in total. The van der Waals surface area contributed by atoms with Gasteiger partial charge in [0.05, 0.1) is 11.6 Å². The molecule has 0 spiro atoms. The van der Waals surface area contributed by atoms with Crippen LogP contribution in [0.15, 0.2) is 54.9 Å². The van der Waals surface area contributed by atoms with Gasteiger partial charge in [-0.15, -0.1) is 0 Å². The molecule has 1 aliphatic heterocycles. The smallest absolute Gasteiger partial charge is 0.0991 e. The van der Waals surface area contributed by atoms with Crippen LogP contribution in [-0.2, 0) is 0 Å². The predicted octanol–water partition coefficient (Wildman–Crippen LogP) is 3.18. The first-order chi connectivity index (χ1) is 11.8. The van der Waals surface area contributed by atoms with E-state index in [1.807, 2.05) is 30.6 Å². The SMILES string of the molecule is N#Cc1cccc(-c2cc(N3CCNCC3)c3cnccc3c2)c1. The van der Waals surface area contributed by atoms with Crippen LogP contribution in [0, 0.1) is 11.3 Å². The van der Waals surface area contributed by atoms with Gasteiger partial charge in [0.15, 0.2) is 0 Å². The van der Waals surface area contributed by atoms with E-state index in [0.29, 0.717) is 5.56 Å². The van der Waals surface area contributed by atoms with Gasteiger partial charge in [-0.05, 0) is 46.8 Å². The maximum Gasteiger partial charge on any atom is 0.0991 e. The molecule has 0 unspecified atom stereocenters. The number of benzene rings is 2. The highest BCUT2D eigenvalue weighted by Crippen LogP contribution is 2.33. The van der Waals surface area contributed by atoms with E-state index in [2.05, 4.69) is 45.5 Å². The van der Waals surface area contributed by atoms with Gasteiger partial charge in [-0.1, -0.05) is 12.1 Å². The normalized spacial score (nSPS) is 14.5. The monoisotopic (exact) mass is 314 g/mol. The van der Waals surface area contributed by atoms with Crippen molar-refractivity contribution >= 4 is 16.5 Å². The molecule has 2 aromatic carbocycles. The molecule has 1 saturated heterocycles. The van der Waals surface area contributed by atoms with Crippen molar-refractivity contribution in [3.8, 4) is 17.2 Å². The van der Waals surface area contributed by atoms with Crippen molar-refractivity contribution in [2.75, 3.05) is 31.1 Å². The summed E-state index contributed by atoms with van der Waals surface area (Å²) < 4.78 is 0. The average Bonchev–Trinajstić information content (AvgIpc) is 2.68. The highest BCUT2D eigenvalue weighted by molar-refractivity contribution is 5.97. The second kappa shape index (κ2) is 6.31. The molecule has 3 aromatic rings. The molecule has 0 saturated carbocycles. The fraction of sp³-hybridized carbons (Fsp3) is 0.200. The molecule has 0 atom stereocenters. The molecule has 2 heterocycles. The van der Waals surface area contributed by atoms with Crippen molar-refractivity contribution in [3.05, 3.63) is 60.4 Å². The van der Waals surface area contributed by atoms with E-state index < -0.39 is 0 Å². The minimum Gasteiger partial charge on any atom is -0.368 e. The van der Waals surface area contributed by atoms with Gasteiger partial charge in [0, 0.05) is 49.6 Å². The van der Waals surface area contributed by atoms with Crippen LogP contribution in [0.25, 0.3) is 21.9 Å². The summed E-state index contributed by atoms with van der Waals surface area (Å²) in [6, 6.07) is 16.5. The van der Waals surface area contributed by atoms with E-state index >= 15 is 0 Å². The van der Waals surface area contributed by atoms with Gasteiger partial charge in [-0.25, -0.2) is 0 Å². The Bertz CT molecular complexity index is 920. The zero-order valence-electron chi connectivity index (χ0n) is 13.4. The van der Waals surface area contributed by atoms with Gasteiger partial charge in [0.2, 0.25) is 0 Å². The lowest BCUT2D eigenvalue weighted by Crippen LogP contribution is -2.43. The van der Waals surface area contributed by atoms with Crippen LogP contribution >= 0.6 is 0 Å². The van der Waals surface area contributed by atoms with Crippen LogP contribution in [-0.4, -0.2) is 31.2 Å². The predicted molar refractivity (Wildman–Crippen MR) is 97.0 cm³/mol. The second-order valence-corrected chi connectivity index (χ2v) is 6.02. The average molecular weight is 314 g/mol. The van der Waals surface area contributed by atoms with Crippen molar-refractivity contribution in [2.24, 2.45) is 0 Å². The fourth-order valence-corrected chi connectivity index (χ4v) is 3.28. The number of nitrogens with zero attached hydrogens (tertiary/aromatic N) is 3. The Balaban J connectivity index is 1.89. The Morgan fingerprint density at radius 3 is 2.75 bits per heavy atom. The Kier molecular flexibility index (Phi) is 3.86. The number of rotatable bonds is 2. The van der Waals surface area contributed by atoms with Crippen LogP contribution in [0.1, 0.15) is 5.56 Å². The maximum absolute atomic E-state index is 9.17. The molecule has 4 rings (SSSR count). The van der Waals surface area contributed by atoms with Gasteiger partial charge in [-0.2, -0.15) is 5.26 Å². The molecule has 1 N–H and O–H groups in total. The fourth-order valence-electron chi connectivity index (χ4n) is 3.28. The molecule has 24 heavy (non-hydrogen) atoms. The lowest BCUT2D eigenvalue weighted by atomic mass is 9.98. The van der Waals surface area contributed by atoms with E-state index in [1.165, 1.54) is 16.5 Å².